The topological polar surface area (TPSA) is 17.1 Å². The Bertz CT molecular complexity index is 74.5. The van der Waals surface area contributed by atoms with E-state index in [0.717, 1.165) is 0 Å². The quantitative estimate of drug-likeness (QED) is 0.547. The molecule has 0 amide bonds. The molecule has 0 bridgehead atoms. The van der Waals surface area contributed by atoms with E-state index in [-0.39, 0.29) is 0 Å². The average molecular weight is 113 g/mol. The first-order valence-electron chi connectivity index (χ1n) is 2.97. The van der Waals surface area contributed by atoms with Crippen LogP contribution in [0.1, 0.15) is 33.6 Å². The molecule has 0 fully saturated rings. The molecule has 0 heterocycles. The fourth-order valence-electron chi connectivity index (χ4n) is 0.519. The van der Waals surface area contributed by atoms with E-state index in [4.69, 9.17) is 0 Å². The van der Waals surface area contributed by atoms with E-state index in [2.05, 4.69) is 0 Å². The number of rotatable bonds is 3. The van der Waals surface area contributed by atoms with Gasteiger partial charge in [0.15, 0.2) is 0 Å². The summed E-state index contributed by atoms with van der Waals surface area (Å²) >= 11 is 0. The van der Waals surface area contributed by atoms with Crippen molar-refractivity contribution in [1.82, 2.24) is 0 Å². The third-order valence-electron chi connectivity index (χ3n) is 0.945. The zero-order chi connectivity index (χ0) is 6.57. The van der Waals surface area contributed by atoms with E-state index in [9.17, 15) is 4.79 Å². The highest BCUT2D eigenvalue weighted by Crippen LogP contribution is 2.03. The maximum Gasteiger partial charge on any atom is 0.133 e. The summed E-state index contributed by atoms with van der Waals surface area (Å²) in [6.45, 7) is 5.85. The van der Waals surface area contributed by atoms with Crippen LogP contribution in [0.2, 0.25) is 0 Å². The highest BCUT2D eigenvalue weighted by molar-refractivity contribution is 5.79. The van der Waals surface area contributed by atoms with E-state index >= 15 is 0 Å². The third-order valence-corrected chi connectivity index (χ3v) is 0.945. The van der Waals surface area contributed by atoms with Gasteiger partial charge in [-0.05, 0) is 5.92 Å². The molecule has 1 radical (unpaired) electrons. The molecule has 8 heavy (non-hydrogen) atoms. The SMILES string of the molecule is CCC(=O)C[C](C)C. The van der Waals surface area contributed by atoms with Crippen LogP contribution in [0.15, 0.2) is 0 Å². The van der Waals surface area contributed by atoms with Gasteiger partial charge in [-0.15, -0.1) is 0 Å². The molecule has 0 aliphatic rings. The summed E-state index contributed by atoms with van der Waals surface area (Å²) in [6, 6.07) is 0. The maximum atomic E-state index is 10.6. The summed E-state index contributed by atoms with van der Waals surface area (Å²) in [5, 5.41) is 0. The van der Waals surface area contributed by atoms with Crippen LogP contribution in [0.5, 0.6) is 0 Å². The minimum Gasteiger partial charge on any atom is -0.300 e. The van der Waals surface area contributed by atoms with E-state index < -0.39 is 0 Å². The maximum absolute atomic E-state index is 10.6. The minimum absolute atomic E-state index is 0.338. The van der Waals surface area contributed by atoms with E-state index in [1.807, 2.05) is 20.8 Å². The Labute approximate surface area is 51.1 Å². The molecule has 0 aromatic rings. The van der Waals surface area contributed by atoms with E-state index in [1.165, 1.54) is 5.92 Å². The second-order valence-electron chi connectivity index (χ2n) is 2.28. The van der Waals surface area contributed by atoms with Crippen molar-refractivity contribution in [3.05, 3.63) is 5.92 Å². The van der Waals surface area contributed by atoms with Gasteiger partial charge < -0.3 is 0 Å². The molecule has 47 valence electrons. The van der Waals surface area contributed by atoms with Crippen LogP contribution in [-0.2, 0) is 4.79 Å². The summed E-state index contributed by atoms with van der Waals surface area (Å²) in [4.78, 5) is 10.6. The molecule has 0 atom stereocenters. The highest BCUT2D eigenvalue weighted by atomic mass is 16.1. The lowest BCUT2D eigenvalue weighted by Crippen LogP contribution is -1.98. The molecule has 0 rings (SSSR count). The Morgan fingerprint density at radius 1 is 1.38 bits per heavy atom. The molecular formula is C7H13O. The zero-order valence-corrected chi connectivity index (χ0v) is 5.82. The predicted molar refractivity (Wildman–Crippen MR) is 34.5 cm³/mol. The van der Waals surface area contributed by atoms with Gasteiger partial charge in [-0.1, -0.05) is 20.8 Å². The molecule has 0 aromatic carbocycles. The summed E-state index contributed by atoms with van der Waals surface area (Å²) in [5.74, 6) is 1.54. The summed E-state index contributed by atoms with van der Waals surface area (Å²) < 4.78 is 0. The predicted octanol–water partition coefficient (Wildman–Crippen LogP) is 1.97. The lowest BCUT2D eigenvalue weighted by atomic mass is 10.1. The lowest BCUT2D eigenvalue weighted by molar-refractivity contribution is -0.118. The monoisotopic (exact) mass is 113 g/mol. The van der Waals surface area contributed by atoms with Gasteiger partial charge in [0.25, 0.3) is 0 Å². The van der Waals surface area contributed by atoms with Gasteiger partial charge >= 0.3 is 0 Å². The number of carbonyl (C=O) groups is 1. The molecule has 0 saturated carbocycles. The van der Waals surface area contributed by atoms with Crippen molar-refractivity contribution >= 4 is 5.78 Å². The van der Waals surface area contributed by atoms with Crippen molar-refractivity contribution in [1.29, 1.82) is 0 Å². The number of ketones is 1. The van der Waals surface area contributed by atoms with Crippen molar-refractivity contribution in [2.75, 3.05) is 0 Å². The standard InChI is InChI=1S/C7H13O/c1-4-7(8)5-6(2)3/h4-5H2,1-3H3. The number of Topliss-reactive ketones (excluding diaryl/α,β-unsaturated/α-hetero) is 1. The van der Waals surface area contributed by atoms with Crippen LogP contribution < -0.4 is 0 Å². The fourth-order valence-corrected chi connectivity index (χ4v) is 0.519. The minimum atomic E-state index is 0.338. The van der Waals surface area contributed by atoms with Gasteiger partial charge in [-0.3, -0.25) is 4.79 Å². The molecule has 1 heteroatoms. The van der Waals surface area contributed by atoms with Crippen molar-refractivity contribution in [3.63, 3.8) is 0 Å². The second-order valence-corrected chi connectivity index (χ2v) is 2.28. The number of hydrogen-bond acceptors (Lipinski definition) is 1. The summed E-state index contributed by atoms with van der Waals surface area (Å²) in [7, 11) is 0. The van der Waals surface area contributed by atoms with Gasteiger partial charge in [0.1, 0.15) is 5.78 Å². The van der Waals surface area contributed by atoms with Gasteiger partial charge in [0.2, 0.25) is 0 Å². The first-order chi connectivity index (χ1) is 3.66. The van der Waals surface area contributed by atoms with Gasteiger partial charge in [-0.25, -0.2) is 0 Å². The highest BCUT2D eigenvalue weighted by Gasteiger charge is 2.00. The number of carbonyl (C=O) groups excluding carboxylic acids is 1. The van der Waals surface area contributed by atoms with Crippen LogP contribution in [0.4, 0.5) is 0 Å². The Hall–Kier alpha value is -0.330. The van der Waals surface area contributed by atoms with Crippen molar-refractivity contribution in [3.8, 4) is 0 Å². The molecular weight excluding hydrogens is 100 g/mol. The third kappa shape index (κ3) is 3.85. The largest absolute Gasteiger partial charge is 0.300 e. The Kier molecular flexibility index (Phi) is 3.49. The smallest absolute Gasteiger partial charge is 0.133 e. The average Bonchev–Trinajstić information content (AvgIpc) is 1.65. The zero-order valence-electron chi connectivity index (χ0n) is 5.82. The van der Waals surface area contributed by atoms with Gasteiger partial charge in [0.05, 0.1) is 0 Å². The van der Waals surface area contributed by atoms with Crippen molar-refractivity contribution in [2.24, 2.45) is 0 Å². The molecule has 0 spiro atoms. The van der Waals surface area contributed by atoms with Crippen LogP contribution >= 0.6 is 0 Å². The first-order valence-corrected chi connectivity index (χ1v) is 2.97. The Morgan fingerprint density at radius 2 is 1.88 bits per heavy atom. The Balaban J connectivity index is 3.25. The van der Waals surface area contributed by atoms with Gasteiger partial charge in [-0.2, -0.15) is 0 Å². The normalized spacial score (nSPS) is 10.0. The first kappa shape index (κ1) is 7.67. The molecule has 0 unspecified atom stereocenters. The molecule has 0 aromatic heterocycles. The number of hydrogen-bond donors (Lipinski definition) is 0. The molecule has 0 aliphatic carbocycles. The summed E-state index contributed by atoms with van der Waals surface area (Å²) in [6.07, 6.45) is 1.33. The molecule has 0 saturated heterocycles. The second kappa shape index (κ2) is 3.65. The Morgan fingerprint density at radius 3 is 2.00 bits per heavy atom. The van der Waals surface area contributed by atoms with Crippen LogP contribution in [0, 0.1) is 5.92 Å². The van der Waals surface area contributed by atoms with Crippen molar-refractivity contribution in [2.45, 2.75) is 33.6 Å². The molecule has 0 aliphatic heterocycles. The van der Waals surface area contributed by atoms with Crippen LogP contribution in [0.25, 0.3) is 0 Å². The fraction of sp³-hybridized carbons (Fsp3) is 0.714. The van der Waals surface area contributed by atoms with E-state index in [0.29, 0.717) is 18.6 Å². The lowest BCUT2D eigenvalue weighted by Gasteiger charge is -1.98. The molecule has 0 N–H and O–H groups in total. The van der Waals surface area contributed by atoms with E-state index in [1.54, 1.807) is 0 Å². The summed E-state index contributed by atoms with van der Waals surface area (Å²) in [5.41, 5.74) is 0. The van der Waals surface area contributed by atoms with Crippen LogP contribution in [-0.4, -0.2) is 5.78 Å². The van der Waals surface area contributed by atoms with Crippen molar-refractivity contribution < 1.29 is 4.79 Å². The molecule has 1 nitrogen and oxygen atoms in total. The van der Waals surface area contributed by atoms with Gasteiger partial charge in [0, 0.05) is 12.8 Å². The van der Waals surface area contributed by atoms with Crippen LogP contribution in [0.3, 0.4) is 0 Å².